The maximum absolute atomic E-state index is 14.5. The molecule has 276 valence electrons. The summed E-state index contributed by atoms with van der Waals surface area (Å²) in [5.74, 6) is -1.25. The Morgan fingerprint density at radius 2 is 1.80 bits per heavy atom. The number of hydrogen-bond donors (Lipinski definition) is 3. The molecule has 5 atom stereocenters. The van der Waals surface area contributed by atoms with Gasteiger partial charge in [-0.25, -0.2) is 18.2 Å². The molecule has 2 saturated carbocycles. The smallest absolute Gasteiger partial charge is 0.408 e. The number of nitrogens with one attached hydrogen (secondary N) is 3. The van der Waals surface area contributed by atoms with Crippen LogP contribution in [0.15, 0.2) is 37.1 Å². The lowest BCUT2D eigenvalue weighted by Gasteiger charge is -2.36. The van der Waals surface area contributed by atoms with Crippen molar-refractivity contribution in [2.45, 2.75) is 102 Å². The number of likely N-dealkylation sites (tertiary alicyclic amines) is 1. The molecule has 3 heterocycles. The molecular weight excluding hydrogens is 682 g/mol. The van der Waals surface area contributed by atoms with Crippen molar-refractivity contribution in [1.82, 2.24) is 25.2 Å². The number of ether oxygens (including phenoxy) is 4. The second-order valence-electron chi connectivity index (χ2n) is 15.6. The van der Waals surface area contributed by atoms with E-state index in [2.05, 4.69) is 26.9 Å². The van der Waals surface area contributed by atoms with E-state index >= 15 is 0 Å². The van der Waals surface area contributed by atoms with E-state index < -0.39 is 79.7 Å². The Labute approximate surface area is 296 Å². The molecule has 2 aliphatic heterocycles. The van der Waals surface area contributed by atoms with Gasteiger partial charge in [-0.05, 0) is 63.6 Å². The molecule has 16 heteroatoms. The van der Waals surface area contributed by atoms with Gasteiger partial charge in [0.1, 0.15) is 29.3 Å². The van der Waals surface area contributed by atoms with E-state index in [0.29, 0.717) is 35.1 Å². The van der Waals surface area contributed by atoms with E-state index in [9.17, 15) is 27.6 Å². The first-order chi connectivity index (χ1) is 23.8. The van der Waals surface area contributed by atoms with Crippen LogP contribution in [-0.4, -0.2) is 90.0 Å². The van der Waals surface area contributed by atoms with Crippen molar-refractivity contribution in [3.63, 3.8) is 0 Å². The average Bonchev–Trinajstić information content (AvgIpc) is 3.92. The van der Waals surface area contributed by atoms with Gasteiger partial charge in [0.25, 0.3) is 5.91 Å². The number of alkyl carbamates (subject to hydrolysis) is 1. The van der Waals surface area contributed by atoms with Crippen LogP contribution in [0.1, 0.15) is 67.2 Å². The van der Waals surface area contributed by atoms with Crippen molar-refractivity contribution >= 4 is 44.6 Å². The van der Waals surface area contributed by atoms with Crippen molar-refractivity contribution in [3.05, 3.63) is 37.1 Å². The Balaban J connectivity index is 1.29. The fraction of sp³-hybridized carbons (Fsp3) is 0.571. The summed E-state index contributed by atoms with van der Waals surface area (Å²) >= 11 is 0. The van der Waals surface area contributed by atoms with Crippen LogP contribution >= 0.6 is 0 Å². The van der Waals surface area contributed by atoms with Crippen molar-refractivity contribution in [2.24, 2.45) is 11.3 Å². The minimum absolute atomic E-state index is 0.000318. The second-order valence-corrected chi connectivity index (χ2v) is 17.6. The standard InChI is InChI=1S/C35H45N5O10S/c1-8-19-16-35(19,31(43)39-51(45,46)21-9-10-21)38-28(41)24-15-20(49-29-23-11-12-25-26(48-18-47-25)22(23)13-14-36-29)17-40(24)30(42)27(33(2,3)4)37-32(44)50-34(5,6)7/h8,11-14,19-21,24,27H,1,9-10,15-18H2,2-7H3,(H,37,44)(H,38,41)(H,39,43)/t19-,20+,24-,27+,35+/m0/s1. The molecule has 2 aliphatic carbocycles. The first kappa shape index (κ1) is 36.2. The van der Waals surface area contributed by atoms with E-state index in [1.807, 2.05) is 0 Å². The molecule has 0 bridgehead atoms. The zero-order valence-electron chi connectivity index (χ0n) is 29.6. The number of sulfonamides is 1. The number of rotatable bonds is 10. The third-order valence-electron chi connectivity index (χ3n) is 9.39. The van der Waals surface area contributed by atoms with Gasteiger partial charge < -0.3 is 34.5 Å². The largest absolute Gasteiger partial charge is 0.472 e. The van der Waals surface area contributed by atoms with Crippen molar-refractivity contribution < 1.29 is 46.5 Å². The van der Waals surface area contributed by atoms with E-state index in [-0.39, 0.29) is 32.1 Å². The summed E-state index contributed by atoms with van der Waals surface area (Å²) in [4.78, 5) is 60.8. The van der Waals surface area contributed by atoms with Crippen LogP contribution in [0.25, 0.3) is 10.8 Å². The number of carbonyl (C=O) groups excluding carboxylic acids is 4. The van der Waals surface area contributed by atoms with E-state index in [0.717, 1.165) is 0 Å². The molecule has 1 aromatic carbocycles. The summed E-state index contributed by atoms with van der Waals surface area (Å²) in [6.45, 7) is 14.2. The first-order valence-corrected chi connectivity index (χ1v) is 18.5. The van der Waals surface area contributed by atoms with Crippen molar-refractivity contribution in [3.8, 4) is 17.4 Å². The lowest BCUT2D eigenvalue weighted by Crippen LogP contribution is -2.60. The number of carbonyl (C=O) groups is 4. The van der Waals surface area contributed by atoms with Crippen LogP contribution < -0.4 is 29.6 Å². The predicted octanol–water partition coefficient (Wildman–Crippen LogP) is 2.92. The Morgan fingerprint density at radius 1 is 1.08 bits per heavy atom. The van der Waals surface area contributed by atoms with Crippen LogP contribution in [0.3, 0.4) is 0 Å². The van der Waals surface area contributed by atoms with Crippen LogP contribution in [0.5, 0.6) is 17.4 Å². The van der Waals surface area contributed by atoms with Gasteiger partial charge in [-0.15, -0.1) is 6.58 Å². The number of amides is 4. The van der Waals surface area contributed by atoms with E-state index in [1.165, 1.54) is 11.0 Å². The number of aromatic nitrogens is 1. The van der Waals surface area contributed by atoms with Gasteiger partial charge in [-0.2, -0.15) is 0 Å². The van der Waals surface area contributed by atoms with Crippen LogP contribution in [0.4, 0.5) is 4.79 Å². The van der Waals surface area contributed by atoms with Crippen LogP contribution in [0, 0.1) is 11.3 Å². The molecule has 15 nitrogen and oxygen atoms in total. The highest BCUT2D eigenvalue weighted by atomic mass is 32.2. The minimum Gasteiger partial charge on any atom is -0.472 e. The quantitative estimate of drug-likeness (QED) is 0.305. The lowest BCUT2D eigenvalue weighted by molar-refractivity contribution is -0.143. The van der Waals surface area contributed by atoms with Crippen molar-refractivity contribution in [2.75, 3.05) is 13.3 Å². The molecule has 1 saturated heterocycles. The zero-order chi connectivity index (χ0) is 37.1. The summed E-state index contributed by atoms with van der Waals surface area (Å²) < 4.78 is 50.5. The Hall–Kier alpha value is -4.60. The molecule has 0 radical (unpaired) electrons. The van der Waals surface area contributed by atoms with Gasteiger partial charge in [0.15, 0.2) is 11.5 Å². The van der Waals surface area contributed by atoms with Gasteiger partial charge in [-0.1, -0.05) is 26.8 Å². The topological polar surface area (TPSA) is 192 Å². The van der Waals surface area contributed by atoms with Gasteiger partial charge in [0, 0.05) is 29.3 Å². The highest BCUT2D eigenvalue weighted by molar-refractivity contribution is 7.91. The number of hydrogen-bond acceptors (Lipinski definition) is 11. The molecule has 3 N–H and O–H groups in total. The van der Waals surface area contributed by atoms with Gasteiger partial charge >= 0.3 is 6.09 Å². The minimum atomic E-state index is -3.90. The molecule has 4 aliphatic rings. The molecule has 2 aromatic rings. The maximum atomic E-state index is 14.5. The fourth-order valence-corrected chi connectivity index (χ4v) is 7.84. The molecule has 6 rings (SSSR count). The molecule has 3 fully saturated rings. The normalized spacial score (nSPS) is 24.7. The molecule has 1 aromatic heterocycles. The molecule has 51 heavy (non-hydrogen) atoms. The van der Waals surface area contributed by atoms with E-state index in [1.54, 1.807) is 65.9 Å². The van der Waals surface area contributed by atoms with Crippen molar-refractivity contribution in [1.29, 1.82) is 0 Å². The SMILES string of the molecule is C=C[C@H]1C[C@]1(NC(=O)[C@@H]1C[C@@H](Oc2nccc3c4c(ccc23)OCO4)CN1C(=O)[C@@H](NC(=O)OC(C)(C)C)C(C)(C)C)C(=O)NS(=O)(=O)C1CC1. The summed E-state index contributed by atoms with van der Waals surface area (Å²) in [6, 6.07) is 3.01. The molecule has 0 spiro atoms. The van der Waals surface area contributed by atoms with Gasteiger partial charge in [-0.3, -0.25) is 19.1 Å². The fourth-order valence-electron chi connectivity index (χ4n) is 6.48. The number of benzene rings is 1. The zero-order valence-corrected chi connectivity index (χ0v) is 30.4. The lowest BCUT2D eigenvalue weighted by atomic mass is 9.85. The third kappa shape index (κ3) is 7.41. The Kier molecular flexibility index (Phi) is 9.13. The number of fused-ring (bicyclic) bond motifs is 3. The highest BCUT2D eigenvalue weighted by Crippen LogP contribution is 2.46. The maximum Gasteiger partial charge on any atom is 0.408 e. The number of nitrogens with zero attached hydrogens (tertiary/aromatic N) is 2. The second kappa shape index (κ2) is 12.9. The molecule has 4 amide bonds. The third-order valence-corrected chi connectivity index (χ3v) is 11.2. The van der Waals surface area contributed by atoms with Crippen LogP contribution in [-0.2, 0) is 29.1 Å². The Bertz CT molecular complexity index is 1880. The molecule has 0 unspecified atom stereocenters. The highest BCUT2D eigenvalue weighted by Gasteiger charge is 2.62. The summed E-state index contributed by atoms with van der Waals surface area (Å²) in [5, 5.41) is 6.16. The van der Waals surface area contributed by atoms with Crippen LogP contribution in [0.2, 0.25) is 0 Å². The monoisotopic (exact) mass is 727 g/mol. The summed E-state index contributed by atoms with van der Waals surface area (Å²) in [5.41, 5.74) is -3.22. The predicted molar refractivity (Wildman–Crippen MR) is 184 cm³/mol. The van der Waals surface area contributed by atoms with Gasteiger partial charge in [0.2, 0.25) is 34.5 Å². The number of pyridine rings is 1. The summed E-state index contributed by atoms with van der Waals surface area (Å²) in [7, 11) is -3.90. The van der Waals surface area contributed by atoms with E-state index in [4.69, 9.17) is 18.9 Å². The first-order valence-electron chi connectivity index (χ1n) is 17.0. The Morgan fingerprint density at radius 3 is 2.43 bits per heavy atom. The summed E-state index contributed by atoms with van der Waals surface area (Å²) in [6.07, 6.45) is 2.54. The molecular formula is C35H45N5O10S. The van der Waals surface area contributed by atoms with Gasteiger partial charge in [0.05, 0.1) is 11.8 Å². The average molecular weight is 728 g/mol.